The predicted octanol–water partition coefficient (Wildman–Crippen LogP) is 5.48. The van der Waals surface area contributed by atoms with Gasteiger partial charge in [-0.3, -0.25) is 4.79 Å². The molecule has 3 aromatic rings. The van der Waals surface area contributed by atoms with Crippen molar-refractivity contribution in [1.82, 2.24) is 0 Å². The van der Waals surface area contributed by atoms with Gasteiger partial charge in [-0.25, -0.2) is 9.21 Å². The summed E-state index contributed by atoms with van der Waals surface area (Å²) in [4.78, 5) is 24.4. The second-order valence-electron chi connectivity index (χ2n) is 6.60. The zero-order chi connectivity index (χ0) is 21.1. The molecule has 0 spiro atoms. The zero-order valence-electron chi connectivity index (χ0n) is 16.3. The maximum Gasteiger partial charge on any atom is 0.335 e. The van der Waals surface area contributed by atoms with Crippen molar-refractivity contribution in [3.63, 3.8) is 0 Å². The van der Waals surface area contributed by atoms with Gasteiger partial charge in [0.1, 0.15) is 5.69 Å². The standard InChI is InChI=1S/C23H20ClNO4/c1-14-12-17(23(27)28)13-15(2)20(14)22(26)25(24)19-11-7-10-18(21(19)29-3)16-8-5-4-6-9-16/h4-13H,1-3H3,(H,27,28). The van der Waals surface area contributed by atoms with Crippen molar-refractivity contribution in [3.8, 4) is 16.9 Å². The zero-order valence-corrected chi connectivity index (χ0v) is 17.0. The van der Waals surface area contributed by atoms with Gasteiger partial charge in [-0.2, -0.15) is 0 Å². The highest BCUT2D eigenvalue weighted by Crippen LogP contribution is 2.40. The van der Waals surface area contributed by atoms with Gasteiger partial charge in [0.15, 0.2) is 5.75 Å². The highest BCUT2D eigenvalue weighted by molar-refractivity contribution is 6.40. The molecular formula is C23H20ClNO4. The van der Waals surface area contributed by atoms with Crippen molar-refractivity contribution in [2.45, 2.75) is 13.8 Å². The molecule has 0 aliphatic carbocycles. The number of carboxylic acids is 1. The second-order valence-corrected chi connectivity index (χ2v) is 6.94. The van der Waals surface area contributed by atoms with Gasteiger partial charge in [-0.15, -0.1) is 0 Å². The van der Waals surface area contributed by atoms with E-state index in [1.165, 1.54) is 19.2 Å². The Morgan fingerprint density at radius 1 is 0.966 bits per heavy atom. The predicted molar refractivity (Wildman–Crippen MR) is 114 cm³/mol. The molecule has 0 aliphatic heterocycles. The van der Waals surface area contributed by atoms with Crippen LogP contribution in [-0.2, 0) is 0 Å². The summed E-state index contributed by atoms with van der Waals surface area (Å²) in [5.74, 6) is -1.03. The Hall–Kier alpha value is -3.31. The molecule has 0 aromatic heterocycles. The van der Waals surface area contributed by atoms with E-state index in [0.717, 1.165) is 15.5 Å². The van der Waals surface area contributed by atoms with Gasteiger partial charge < -0.3 is 9.84 Å². The second kappa shape index (κ2) is 8.37. The maximum atomic E-state index is 13.2. The number of aryl methyl sites for hydroxylation is 2. The minimum Gasteiger partial charge on any atom is -0.494 e. The van der Waals surface area contributed by atoms with Crippen LogP contribution in [0.1, 0.15) is 31.8 Å². The van der Waals surface area contributed by atoms with Crippen molar-refractivity contribution in [1.29, 1.82) is 0 Å². The molecule has 5 nitrogen and oxygen atoms in total. The highest BCUT2D eigenvalue weighted by Gasteiger charge is 2.25. The van der Waals surface area contributed by atoms with Gasteiger partial charge in [-0.1, -0.05) is 42.5 Å². The fraction of sp³-hybridized carbons (Fsp3) is 0.130. The number of para-hydroxylation sites is 1. The van der Waals surface area contributed by atoms with Gasteiger partial charge in [0.05, 0.1) is 12.7 Å². The summed E-state index contributed by atoms with van der Waals surface area (Å²) in [6, 6.07) is 18.0. The van der Waals surface area contributed by atoms with Crippen molar-refractivity contribution in [2.24, 2.45) is 0 Å². The van der Waals surface area contributed by atoms with E-state index in [-0.39, 0.29) is 5.56 Å². The Bertz CT molecular complexity index is 1060. The lowest BCUT2D eigenvalue weighted by molar-refractivity contribution is 0.0696. The molecule has 0 heterocycles. The third-order valence-corrected chi connectivity index (χ3v) is 5.00. The first kappa shape index (κ1) is 20.4. The first-order valence-corrected chi connectivity index (χ1v) is 9.26. The molecule has 0 bridgehead atoms. The number of carbonyl (C=O) groups is 2. The van der Waals surface area contributed by atoms with E-state index in [2.05, 4.69) is 0 Å². The minimum absolute atomic E-state index is 0.126. The molecule has 1 N–H and O–H groups in total. The smallest absolute Gasteiger partial charge is 0.335 e. The van der Waals surface area contributed by atoms with Crippen LogP contribution in [0.4, 0.5) is 5.69 Å². The number of hydrogen-bond acceptors (Lipinski definition) is 3. The highest BCUT2D eigenvalue weighted by atomic mass is 35.5. The van der Waals surface area contributed by atoms with Crippen molar-refractivity contribution in [2.75, 3.05) is 11.5 Å². The number of hydrogen-bond donors (Lipinski definition) is 1. The van der Waals surface area contributed by atoms with E-state index >= 15 is 0 Å². The minimum atomic E-state index is -1.05. The lowest BCUT2D eigenvalue weighted by atomic mass is 9.98. The molecule has 0 saturated carbocycles. The number of anilines is 1. The molecule has 6 heteroatoms. The summed E-state index contributed by atoms with van der Waals surface area (Å²) in [6.07, 6.45) is 0. The molecule has 148 valence electrons. The molecule has 1 amide bonds. The Balaban J connectivity index is 2.07. The van der Waals surface area contributed by atoms with E-state index in [4.69, 9.17) is 16.5 Å². The molecule has 0 unspecified atom stereocenters. The molecule has 0 radical (unpaired) electrons. The SMILES string of the molecule is COc1c(-c2ccccc2)cccc1N(Cl)C(=O)c1c(C)cc(C(=O)O)cc1C. The number of carbonyl (C=O) groups excluding carboxylic acids is 1. The van der Waals surface area contributed by atoms with Crippen molar-refractivity contribution < 1.29 is 19.4 Å². The summed E-state index contributed by atoms with van der Waals surface area (Å²) < 4.78 is 6.61. The Kier molecular flexibility index (Phi) is 5.89. The number of benzene rings is 3. The summed E-state index contributed by atoms with van der Waals surface area (Å²) in [6.45, 7) is 3.38. The lowest BCUT2D eigenvalue weighted by Gasteiger charge is -2.21. The first-order chi connectivity index (χ1) is 13.8. The Morgan fingerprint density at radius 2 is 1.59 bits per heavy atom. The van der Waals surface area contributed by atoms with Crippen LogP contribution in [0.2, 0.25) is 0 Å². The third kappa shape index (κ3) is 3.96. The number of methoxy groups -OCH3 is 1. The summed E-state index contributed by atoms with van der Waals surface area (Å²) in [5, 5.41) is 9.22. The van der Waals surface area contributed by atoms with Crippen LogP contribution in [0.3, 0.4) is 0 Å². The van der Waals surface area contributed by atoms with E-state index in [1.54, 1.807) is 26.0 Å². The third-order valence-electron chi connectivity index (χ3n) is 4.67. The van der Waals surface area contributed by atoms with Gasteiger partial charge >= 0.3 is 5.97 Å². The molecule has 0 fully saturated rings. The summed E-state index contributed by atoms with van der Waals surface area (Å²) >= 11 is 6.47. The van der Waals surface area contributed by atoms with Crippen LogP contribution in [-0.4, -0.2) is 24.1 Å². The van der Waals surface area contributed by atoms with Crippen molar-refractivity contribution in [3.05, 3.63) is 82.9 Å². The molecule has 0 saturated heterocycles. The quantitative estimate of drug-likeness (QED) is 0.567. The van der Waals surface area contributed by atoms with Gasteiger partial charge in [0.25, 0.3) is 5.91 Å². The van der Waals surface area contributed by atoms with Crippen LogP contribution in [0, 0.1) is 13.8 Å². The van der Waals surface area contributed by atoms with Gasteiger partial charge in [-0.05, 0) is 48.7 Å². The fourth-order valence-electron chi connectivity index (χ4n) is 3.37. The number of halogens is 1. The number of carboxylic acid groups (broad SMARTS) is 1. The van der Waals surface area contributed by atoms with Crippen LogP contribution in [0.5, 0.6) is 5.75 Å². The normalized spacial score (nSPS) is 10.5. The van der Waals surface area contributed by atoms with Crippen LogP contribution >= 0.6 is 11.8 Å². The lowest BCUT2D eigenvalue weighted by Crippen LogP contribution is -2.23. The molecule has 29 heavy (non-hydrogen) atoms. The molecule has 3 aromatic carbocycles. The van der Waals surface area contributed by atoms with Gasteiger partial charge in [0, 0.05) is 22.9 Å². The average molecular weight is 410 g/mol. The van der Waals surface area contributed by atoms with Crippen LogP contribution < -0.4 is 9.16 Å². The molecule has 3 rings (SSSR count). The van der Waals surface area contributed by atoms with E-state index in [9.17, 15) is 14.7 Å². The number of aromatic carboxylic acids is 1. The molecule has 0 atom stereocenters. The average Bonchev–Trinajstić information content (AvgIpc) is 2.72. The van der Waals surface area contributed by atoms with Gasteiger partial charge in [0.2, 0.25) is 0 Å². The van der Waals surface area contributed by atoms with E-state index < -0.39 is 11.9 Å². The number of rotatable bonds is 5. The van der Waals surface area contributed by atoms with Crippen molar-refractivity contribution >= 4 is 29.3 Å². The summed E-state index contributed by atoms with van der Waals surface area (Å²) in [7, 11) is 1.53. The van der Waals surface area contributed by atoms with E-state index in [0.29, 0.717) is 28.1 Å². The van der Waals surface area contributed by atoms with Crippen LogP contribution in [0.25, 0.3) is 11.1 Å². The fourth-order valence-corrected chi connectivity index (χ4v) is 3.59. The molecular weight excluding hydrogens is 390 g/mol. The Labute approximate surface area is 174 Å². The topological polar surface area (TPSA) is 66.8 Å². The Morgan fingerprint density at radius 3 is 2.14 bits per heavy atom. The largest absolute Gasteiger partial charge is 0.494 e. The number of amides is 1. The molecule has 0 aliphatic rings. The maximum absolute atomic E-state index is 13.2. The first-order valence-electron chi connectivity index (χ1n) is 8.92. The number of ether oxygens (including phenoxy) is 1. The van der Waals surface area contributed by atoms with E-state index in [1.807, 2.05) is 36.4 Å². The van der Waals surface area contributed by atoms with Crippen LogP contribution in [0.15, 0.2) is 60.7 Å². The summed E-state index contributed by atoms with van der Waals surface area (Å²) in [5.41, 5.74) is 3.70. The number of nitrogens with zero attached hydrogens (tertiary/aromatic N) is 1. The monoisotopic (exact) mass is 409 g/mol.